The van der Waals surface area contributed by atoms with E-state index in [9.17, 15) is 8.42 Å². The minimum atomic E-state index is -3.52. The zero-order valence-corrected chi connectivity index (χ0v) is 12.1. The van der Waals surface area contributed by atoms with Crippen LogP contribution in [0.5, 0.6) is 0 Å². The third-order valence-electron chi connectivity index (χ3n) is 3.78. The molecule has 3 N–H and O–H groups in total. The zero-order valence-electron chi connectivity index (χ0n) is 11.3. The van der Waals surface area contributed by atoms with Crippen molar-refractivity contribution in [3.05, 3.63) is 24.3 Å². The highest BCUT2D eigenvalue weighted by Crippen LogP contribution is 2.23. The van der Waals surface area contributed by atoms with E-state index in [1.54, 1.807) is 0 Å². The molecule has 0 heterocycles. The Morgan fingerprint density at radius 3 is 2.30 bits per heavy atom. The molecule has 0 aliphatic heterocycles. The van der Waals surface area contributed by atoms with Crippen molar-refractivity contribution in [2.75, 3.05) is 6.54 Å². The molecule has 0 bridgehead atoms. The molecule has 1 aliphatic carbocycles. The SMILES string of the molecule is O=S(=O)(NCC1CCCCC1)c1ccc(B(O)O)cc1.[HH].[HH].[HH]. The molecule has 7 heteroatoms. The van der Waals surface area contributed by atoms with Gasteiger partial charge in [0.25, 0.3) is 0 Å². The standard InChI is InChI=1S/C13H20BNO4S.3H2/c16-14(17)12-6-8-13(9-7-12)20(18,19)15-10-11-4-2-1-3-5-11;;;/h6-9,11,15-17H,1-5,10H2;3*1H. The van der Waals surface area contributed by atoms with Gasteiger partial charge in [0.05, 0.1) is 4.90 Å². The summed E-state index contributed by atoms with van der Waals surface area (Å²) in [5, 5.41) is 18.0. The predicted molar refractivity (Wildman–Crippen MR) is 84.4 cm³/mol. The van der Waals surface area contributed by atoms with Crippen molar-refractivity contribution < 1.29 is 22.7 Å². The first-order chi connectivity index (χ1) is 9.49. The van der Waals surface area contributed by atoms with Crippen LogP contribution in [0.15, 0.2) is 29.2 Å². The van der Waals surface area contributed by atoms with Crippen molar-refractivity contribution in [2.24, 2.45) is 5.92 Å². The van der Waals surface area contributed by atoms with Crippen molar-refractivity contribution in [3.8, 4) is 0 Å². The molecule has 1 aromatic carbocycles. The van der Waals surface area contributed by atoms with Crippen LogP contribution in [0, 0.1) is 5.92 Å². The third-order valence-corrected chi connectivity index (χ3v) is 5.21. The molecule has 0 amide bonds. The van der Waals surface area contributed by atoms with Gasteiger partial charge in [-0.25, -0.2) is 13.1 Å². The topological polar surface area (TPSA) is 86.6 Å². The number of hydrogen-bond donors (Lipinski definition) is 3. The van der Waals surface area contributed by atoms with Gasteiger partial charge in [0.2, 0.25) is 10.0 Å². The van der Waals surface area contributed by atoms with E-state index < -0.39 is 17.1 Å². The van der Waals surface area contributed by atoms with Gasteiger partial charge in [-0.05, 0) is 36.4 Å². The van der Waals surface area contributed by atoms with Gasteiger partial charge in [0.1, 0.15) is 0 Å². The van der Waals surface area contributed by atoms with Crippen molar-refractivity contribution in [3.63, 3.8) is 0 Å². The average molecular weight is 303 g/mol. The maximum absolute atomic E-state index is 12.1. The first-order valence-corrected chi connectivity index (χ1v) is 8.43. The summed E-state index contributed by atoms with van der Waals surface area (Å²) >= 11 is 0. The highest BCUT2D eigenvalue weighted by Gasteiger charge is 2.19. The van der Waals surface area contributed by atoms with E-state index in [4.69, 9.17) is 10.0 Å². The van der Waals surface area contributed by atoms with Crippen molar-refractivity contribution >= 4 is 22.6 Å². The van der Waals surface area contributed by atoms with E-state index in [-0.39, 0.29) is 14.6 Å². The summed E-state index contributed by atoms with van der Waals surface area (Å²) in [5.74, 6) is 0.428. The minimum absolute atomic E-state index is 0. The zero-order chi connectivity index (χ0) is 14.6. The summed E-state index contributed by atoms with van der Waals surface area (Å²) in [7, 11) is -5.10. The molecule has 2 rings (SSSR count). The Morgan fingerprint density at radius 1 is 1.15 bits per heavy atom. The Morgan fingerprint density at radius 2 is 1.75 bits per heavy atom. The third kappa shape index (κ3) is 4.05. The lowest BCUT2D eigenvalue weighted by atomic mass is 9.81. The van der Waals surface area contributed by atoms with Gasteiger partial charge in [-0.15, -0.1) is 0 Å². The van der Waals surface area contributed by atoms with Crippen LogP contribution >= 0.6 is 0 Å². The smallest absolute Gasteiger partial charge is 0.423 e. The lowest BCUT2D eigenvalue weighted by molar-refractivity contribution is 0.357. The fourth-order valence-electron chi connectivity index (χ4n) is 2.52. The van der Waals surface area contributed by atoms with Crippen LogP contribution in [0.3, 0.4) is 0 Å². The molecule has 1 saturated carbocycles. The Hall–Kier alpha value is -0.885. The van der Waals surface area contributed by atoms with Crippen LogP contribution in [-0.2, 0) is 10.0 Å². The van der Waals surface area contributed by atoms with Crippen molar-refractivity contribution in [2.45, 2.75) is 37.0 Å². The van der Waals surface area contributed by atoms with Crippen LogP contribution in [0.25, 0.3) is 0 Å². The summed E-state index contributed by atoms with van der Waals surface area (Å²) in [6, 6.07) is 5.58. The maximum atomic E-state index is 12.1. The summed E-state index contributed by atoms with van der Waals surface area (Å²) < 4.78 is 26.9. The molecular weight excluding hydrogens is 277 g/mol. The van der Waals surface area contributed by atoms with E-state index >= 15 is 0 Å². The molecule has 0 radical (unpaired) electrons. The molecule has 0 atom stereocenters. The molecule has 0 unspecified atom stereocenters. The van der Waals surface area contributed by atoms with Gasteiger partial charge in [-0.2, -0.15) is 0 Å². The molecule has 1 aliphatic rings. The highest BCUT2D eigenvalue weighted by molar-refractivity contribution is 7.89. The Labute approximate surface area is 124 Å². The number of nitrogens with one attached hydrogen (secondary N) is 1. The number of hydrogen-bond acceptors (Lipinski definition) is 4. The van der Waals surface area contributed by atoms with Crippen LogP contribution in [0.4, 0.5) is 0 Å². The predicted octanol–water partition coefficient (Wildman–Crippen LogP) is 0.963. The second-order valence-corrected chi connectivity index (χ2v) is 7.07. The summed E-state index contributed by atoms with van der Waals surface area (Å²) in [4.78, 5) is 0.151. The van der Waals surface area contributed by atoms with E-state index in [1.165, 1.54) is 43.5 Å². The fourth-order valence-corrected chi connectivity index (χ4v) is 3.64. The summed E-state index contributed by atoms with van der Waals surface area (Å²) in [6.45, 7) is 0.479. The average Bonchev–Trinajstić information content (AvgIpc) is 2.46. The second kappa shape index (κ2) is 6.71. The van der Waals surface area contributed by atoms with Crippen LogP contribution < -0.4 is 10.2 Å². The number of rotatable bonds is 5. The fraction of sp³-hybridized carbons (Fsp3) is 0.538. The summed E-state index contributed by atoms with van der Waals surface area (Å²) in [5.41, 5.74) is 0.274. The first-order valence-electron chi connectivity index (χ1n) is 6.95. The van der Waals surface area contributed by atoms with Gasteiger partial charge >= 0.3 is 7.12 Å². The molecule has 0 saturated heterocycles. The van der Waals surface area contributed by atoms with Crippen LogP contribution in [0.1, 0.15) is 36.4 Å². The van der Waals surface area contributed by atoms with Crippen molar-refractivity contribution in [1.29, 1.82) is 0 Å². The molecule has 116 valence electrons. The monoisotopic (exact) mass is 303 g/mol. The van der Waals surface area contributed by atoms with Gasteiger partial charge in [-0.3, -0.25) is 0 Å². The molecule has 1 fully saturated rings. The largest absolute Gasteiger partial charge is 0.488 e. The van der Waals surface area contributed by atoms with Gasteiger partial charge < -0.3 is 10.0 Å². The van der Waals surface area contributed by atoms with E-state index in [0.717, 1.165) is 12.8 Å². The van der Waals surface area contributed by atoms with Crippen LogP contribution in [-0.4, -0.2) is 32.1 Å². The Bertz CT molecular complexity index is 537. The normalized spacial score (nSPS) is 17.1. The van der Waals surface area contributed by atoms with Gasteiger partial charge in [-0.1, -0.05) is 31.4 Å². The summed E-state index contributed by atoms with van der Waals surface area (Å²) in [6.07, 6.45) is 5.76. The first kappa shape index (κ1) is 15.5. The molecule has 1 aromatic rings. The highest BCUT2D eigenvalue weighted by atomic mass is 32.2. The lowest BCUT2D eigenvalue weighted by Gasteiger charge is -2.21. The minimum Gasteiger partial charge on any atom is -0.423 e. The molecule has 20 heavy (non-hydrogen) atoms. The molecule has 5 nitrogen and oxygen atoms in total. The van der Waals surface area contributed by atoms with Crippen molar-refractivity contribution in [1.82, 2.24) is 4.72 Å². The molecule has 0 spiro atoms. The van der Waals surface area contributed by atoms with E-state index in [0.29, 0.717) is 12.5 Å². The van der Waals surface area contributed by atoms with Crippen LogP contribution in [0.2, 0.25) is 0 Å². The second-order valence-electron chi connectivity index (χ2n) is 5.30. The maximum Gasteiger partial charge on any atom is 0.488 e. The Balaban J connectivity index is 0. The molecular formula is C13H26BNO4S. The van der Waals surface area contributed by atoms with Gasteiger partial charge in [0, 0.05) is 10.8 Å². The van der Waals surface area contributed by atoms with Gasteiger partial charge in [0.15, 0.2) is 0 Å². The van der Waals surface area contributed by atoms with E-state index in [1.807, 2.05) is 0 Å². The lowest BCUT2D eigenvalue weighted by Crippen LogP contribution is -2.32. The molecule has 0 aromatic heterocycles. The quantitative estimate of drug-likeness (QED) is 0.707. The Kier molecular flexibility index (Phi) is 5.20. The number of benzene rings is 1. The van der Waals surface area contributed by atoms with E-state index in [2.05, 4.69) is 4.72 Å². The number of sulfonamides is 1.